The third-order valence-corrected chi connectivity index (χ3v) is 3.32. The highest BCUT2D eigenvalue weighted by Crippen LogP contribution is 2.28. The zero-order chi connectivity index (χ0) is 16.7. The summed E-state index contributed by atoms with van der Waals surface area (Å²) in [6.07, 6.45) is 3.80. The molecule has 2 rings (SSSR count). The van der Waals surface area contributed by atoms with E-state index in [2.05, 4.69) is 0 Å². The molecule has 0 bridgehead atoms. The number of carbonyl (C=O) groups excluding carboxylic acids is 1. The molecule has 0 saturated heterocycles. The Morgan fingerprint density at radius 3 is 2.43 bits per heavy atom. The molecule has 2 aromatic rings. The van der Waals surface area contributed by atoms with Gasteiger partial charge < -0.3 is 14.2 Å². The quantitative estimate of drug-likeness (QED) is 0.596. The van der Waals surface area contributed by atoms with Gasteiger partial charge in [0.05, 0.1) is 26.4 Å². The molecular formula is C19H20O4. The van der Waals surface area contributed by atoms with Crippen LogP contribution >= 0.6 is 0 Å². The molecule has 0 aliphatic heterocycles. The third-order valence-electron chi connectivity index (χ3n) is 3.32. The number of rotatable bonds is 6. The number of carbonyl (C=O) groups is 1. The first kappa shape index (κ1) is 16.6. The van der Waals surface area contributed by atoms with Gasteiger partial charge in [-0.3, -0.25) is 0 Å². The zero-order valence-electron chi connectivity index (χ0n) is 13.5. The van der Waals surface area contributed by atoms with Gasteiger partial charge in [0.1, 0.15) is 0 Å². The number of hydrogen-bond donors (Lipinski definition) is 0. The highest BCUT2D eigenvalue weighted by Gasteiger charge is 2.09. The highest BCUT2D eigenvalue weighted by atomic mass is 16.5. The second kappa shape index (κ2) is 8.03. The largest absolute Gasteiger partial charge is 0.493 e. The van der Waals surface area contributed by atoms with Gasteiger partial charge in [-0.15, -0.1) is 0 Å². The molecule has 0 spiro atoms. The summed E-state index contributed by atoms with van der Waals surface area (Å²) in [6, 6.07) is 13.0. The Bertz CT molecular complexity index is 704. The number of methoxy groups -OCH3 is 2. The summed E-state index contributed by atoms with van der Waals surface area (Å²) in [6.45, 7) is 2.15. The van der Waals surface area contributed by atoms with Crippen molar-refractivity contribution < 1.29 is 19.0 Å². The van der Waals surface area contributed by atoms with Crippen LogP contribution in [0.3, 0.4) is 0 Å². The van der Waals surface area contributed by atoms with Crippen LogP contribution in [0.5, 0.6) is 11.5 Å². The highest BCUT2D eigenvalue weighted by molar-refractivity contribution is 5.94. The number of hydrogen-bond acceptors (Lipinski definition) is 4. The average Bonchev–Trinajstić information content (AvgIpc) is 2.60. The Kier molecular flexibility index (Phi) is 5.80. The van der Waals surface area contributed by atoms with E-state index in [4.69, 9.17) is 14.2 Å². The minimum Gasteiger partial charge on any atom is -0.493 e. The molecule has 0 radical (unpaired) electrons. The normalized spacial score (nSPS) is 10.6. The minimum atomic E-state index is -0.319. The summed E-state index contributed by atoms with van der Waals surface area (Å²) < 4.78 is 15.6. The van der Waals surface area contributed by atoms with Crippen molar-refractivity contribution in [1.29, 1.82) is 0 Å². The maximum absolute atomic E-state index is 12.0. The van der Waals surface area contributed by atoms with E-state index in [9.17, 15) is 4.79 Å². The molecule has 0 saturated carbocycles. The van der Waals surface area contributed by atoms with Crippen LogP contribution in [-0.2, 0) is 4.74 Å². The number of benzene rings is 2. The summed E-state index contributed by atoms with van der Waals surface area (Å²) >= 11 is 0. The molecule has 0 N–H and O–H groups in total. The summed E-state index contributed by atoms with van der Waals surface area (Å²) in [5.41, 5.74) is 2.30. The maximum Gasteiger partial charge on any atom is 0.338 e. The Morgan fingerprint density at radius 2 is 1.74 bits per heavy atom. The molecule has 120 valence electrons. The molecule has 0 fully saturated rings. The van der Waals surface area contributed by atoms with Crippen LogP contribution in [0.2, 0.25) is 0 Å². The summed E-state index contributed by atoms with van der Waals surface area (Å²) in [4.78, 5) is 12.0. The molecular weight excluding hydrogens is 292 g/mol. The second-order valence-electron chi connectivity index (χ2n) is 4.76. The molecule has 0 amide bonds. The molecule has 4 nitrogen and oxygen atoms in total. The second-order valence-corrected chi connectivity index (χ2v) is 4.76. The molecule has 0 unspecified atom stereocenters. The summed E-state index contributed by atoms with van der Waals surface area (Å²) in [5, 5.41) is 0. The van der Waals surface area contributed by atoms with Crippen molar-refractivity contribution in [2.45, 2.75) is 6.92 Å². The Labute approximate surface area is 136 Å². The zero-order valence-corrected chi connectivity index (χ0v) is 13.5. The van der Waals surface area contributed by atoms with E-state index < -0.39 is 0 Å². The smallest absolute Gasteiger partial charge is 0.338 e. The van der Waals surface area contributed by atoms with Gasteiger partial charge in [-0.05, 0) is 36.2 Å². The van der Waals surface area contributed by atoms with Gasteiger partial charge in [-0.2, -0.15) is 0 Å². The van der Waals surface area contributed by atoms with Gasteiger partial charge in [-0.1, -0.05) is 36.4 Å². The molecule has 0 aromatic heterocycles. The van der Waals surface area contributed by atoms with Gasteiger partial charge in [-0.25, -0.2) is 4.79 Å². The fraction of sp³-hybridized carbons (Fsp3) is 0.211. The minimum absolute atomic E-state index is 0.319. The summed E-state index contributed by atoms with van der Waals surface area (Å²) in [7, 11) is 3.20. The lowest BCUT2D eigenvalue weighted by atomic mass is 10.1. The first-order chi connectivity index (χ1) is 11.2. The molecule has 0 atom stereocenters. The Balaban J connectivity index is 2.29. The monoisotopic (exact) mass is 312 g/mol. The number of esters is 1. The first-order valence-electron chi connectivity index (χ1n) is 7.35. The van der Waals surface area contributed by atoms with E-state index in [1.165, 1.54) is 0 Å². The maximum atomic E-state index is 12.0. The first-order valence-corrected chi connectivity index (χ1v) is 7.35. The van der Waals surface area contributed by atoms with E-state index in [1.54, 1.807) is 27.2 Å². The lowest BCUT2D eigenvalue weighted by Crippen LogP contribution is -2.06. The predicted octanol–water partition coefficient (Wildman–Crippen LogP) is 4.05. The van der Waals surface area contributed by atoms with Crippen molar-refractivity contribution in [2.24, 2.45) is 0 Å². The fourth-order valence-corrected chi connectivity index (χ4v) is 2.18. The topological polar surface area (TPSA) is 44.8 Å². The van der Waals surface area contributed by atoms with Crippen LogP contribution in [0.4, 0.5) is 0 Å². The molecule has 4 heteroatoms. The van der Waals surface area contributed by atoms with Gasteiger partial charge in [0, 0.05) is 0 Å². The van der Waals surface area contributed by atoms with Crippen molar-refractivity contribution in [1.82, 2.24) is 0 Å². The van der Waals surface area contributed by atoms with Crippen molar-refractivity contribution in [3.8, 4) is 11.5 Å². The standard InChI is InChI=1S/C19H20O4/c1-4-23-19(20)16-8-6-5-7-15(16)11-9-14-10-12-17(21-2)18(13-14)22-3/h5-13H,4H2,1-3H3/b11-9+. The van der Waals surface area contributed by atoms with E-state index in [1.807, 2.05) is 48.6 Å². The molecule has 0 aliphatic carbocycles. The summed E-state index contributed by atoms with van der Waals surface area (Å²) in [5.74, 6) is 1.02. The van der Waals surface area contributed by atoms with Crippen molar-refractivity contribution in [2.75, 3.05) is 20.8 Å². The van der Waals surface area contributed by atoms with Crippen LogP contribution < -0.4 is 9.47 Å². The lowest BCUT2D eigenvalue weighted by Gasteiger charge is -2.08. The van der Waals surface area contributed by atoms with E-state index in [-0.39, 0.29) is 5.97 Å². The van der Waals surface area contributed by atoms with E-state index in [0.29, 0.717) is 23.7 Å². The SMILES string of the molecule is CCOC(=O)c1ccccc1/C=C/c1ccc(OC)c(OC)c1. The lowest BCUT2D eigenvalue weighted by molar-refractivity contribution is 0.0526. The average molecular weight is 312 g/mol. The van der Waals surface area contributed by atoms with Crippen LogP contribution in [0.1, 0.15) is 28.4 Å². The molecule has 23 heavy (non-hydrogen) atoms. The molecule has 0 aliphatic rings. The fourth-order valence-electron chi connectivity index (χ4n) is 2.18. The van der Waals surface area contributed by atoms with Crippen LogP contribution in [-0.4, -0.2) is 26.8 Å². The van der Waals surface area contributed by atoms with Crippen molar-refractivity contribution >= 4 is 18.1 Å². The van der Waals surface area contributed by atoms with E-state index >= 15 is 0 Å². The van der Waals surface area contributed by atoms with Crippen LogP contribution in [0, 0.1) is 0 Å². The van der Waals surface area contributed by atoms with Gasteiger partial charge in [0.15, 0.2) is 11.5 Å². The van der Waals surface area contributed by atoms with Crippen molar-refractivity contribution in [3.05, 3.63) is 59.2 Å². The predicted molar refractivity (Wildman–Crippen MR) is 90.9 cm³/mol. The van der Waals surface area contributed by atoms with Gasteiger partial charge in [0.2, 0.25) is 0 Å². The van der Waals surface area contributed by atoms with Crippen LogP contribution in [0.25, 0.3) is 12.2 Å². The molecule has 2 aromatic carbocycles. The molecule has 0 heterocycles. The van der Waals surface area contributed by atoms with Crippen LogP contribution in [0.15, 0.2) is 42.5 Å². The van der Waals surface area contributed by atoms with E-state index in [0.717, 1.165) is 11.1 Å². The van der Waals surface area contributed by atoms with Crippen molar-refractivity contribution in [3.63, 3.8) is 0 Å². The van der Waals surface area contributed by atoms with Gasteiger partial charge in [0.25, 0.3) is 0 Å². The third kappa shape index (κ3) is 4.13. The Hall–Kier alpha value is -2.75. The van der Waals surface area contributed by atoms with Gasteiger partial charge >= 0.3 is 5.97 Å². The number of ether oxygens (including phenoxy) is 3. The Morgan fingerprint density at radius 1 is 1.00 bits per heavy atom.